The average Bonchev–Trinajstić information content (AvgIpc) is 3.19. The third-order valence-corrected chi connectivity index (χ3v) is 3.60. The monoisotopic (exact) mass is 327 g/mol. The molecule has 7 nitrogen and oxygen atoms in total. The normalized spacial score (nSPS) is 10.8. The molecule has 3 aromatic rings. The zero-order valence-corrected chi connectivity index (χ0v) is 13.5. The summed E-state index contributed by atoms with van der Waals surface area (Å²) in [6.45, 7) is 3.63. The van der Waals surface area contributed by atoms with Gasteiger partial charge in [0, 0.05) is 17.5 Å². The lowest BCUT2D eigenvalue weighted by Gasteiger charge is -2.02. The molecule has 24 heavy (non-hydrogen) atoms. The molecule has 0 saturated heterocycles. The Morgan fingerprint density at radius 3 is 2.67 bits per heavy atom. The van der Waals surface area contributed by atoms with Gasteiger partial charge >= 0.3 is 5.97 Å². The van der Waals surface area contributed by atoms with Gasteiger partial charge in [-0.15, -0.1) is 10.2 Å². The summed E-state index contributed by atoms with van der Waals surface area (Å²) < 4.78 is 15.7. The lowest BCUT2D eigenvalue weighted by atomic mass is 10.1. The third kappa shape index (κ3) is 3.68. The fourth-order valence-corrected chi connectivity index (χ4v) is 2.31. The van der Waals surface area contributed by atoms with E-state index in [-0.39, 0.29) is 24.9 Å². The van der Waals surface area contributed by atoms with Crippen LogP contribution in [0.15, 0.2) is 39.3 Å². The van der Waals surface area contributed by atoms with E-state index in [1.165, 1.54) is 0 Å². The predicted octanol–water partition coefficient (Wildman–Crippen LogP) is 3.02. The number of rotatable bonds is 6. The minimum atomic E-state index is -0.338. The van der Waals surface area contributed by atoms with Gasteiger partial charge in [0.15, 0.2) is 6.61 Å². The van der Waals surface area contributed by atoms with E-state index in [9.17, 15) is 4.79 Å². The molecule has 3 rings (SSSR count). The van der Waals surface area contributed by atoms with Crippen molar-refractivity contribution in [1.29, 1.82) is 0 Å². The van der Waals surface area contributed by atoms with E-state index >= 15 is 0 Å². The Balaban J connectivity index is 1.51. The smallest absolute Gasteiger partial charge is 0.306 e. The molecular formula is C17H17N3O4. The van der Waals surface area contributed by atoms with Crippen LogP contribution in [0.1, 0.15) is 29.3 Å². The number of ether oxygens (including phenoxy) is 1. The van der Waals surface area contributed by atoms with Crippen LogP contribution in [0.2, 0.25) is 0 Å². The van der Waals surface area contributed by atoms with Crippen molar-refractivity contribution in [2.75, 3.05) is 0 Å². The molecule has 124 valence electrons. The summed E-state index contributed by atoms with van der Waals surface area (Å²) in [6, 6.07) is 9.41. The van der Waals surface area contributed by atoms with E-state index in [4.69, 9.17) is 13.7 Å². The molecule has 7 heteroatoms. The number of nitrogens with zero attached hydrogens (tertiary/aromatic N) is 3. The van der Waals surface area contributed by atoms with Crippen molar-refractivity contribution >= 4 is 5.97 Å². The summed E-state index contributed by atoms with van der Waals surface area (Å²) in [4.78, 5) is 11.8. The van der Waals surface area contributed by atoms with Crippen molar-refractivity contribution < 1.29 is 18.5 Å². The number of benzene rings is 1. The van der Waals surface area contributed by atoms with Crippen LogP contribution in [0.4, 0.5) is 0 Å². The van der Waals surface area contributed by atoms with Crippen molar-refractivity contribution in [1.82, 2.24) is 15.4 Å². The number of aryl methyl sites for hydroxylation is 2. The molecule has 2 heterocycles. The highest BCUT2D eigenvalue weighted by Gasteiger charge is 2.14. The van der Waals surface area contributed by atoms with E-state index in [1.807, 2.05) is 44.2 Å². The zero-order chi connectivity index (χ0) is 16.9. The van der Waals surface area contributed by atoms with Crippen molar-refractivity contribution in [3.05, 3.63) is 53.2 Å². The molecule has 2 aromatic heterocycles. The van der Waals surface area contributed by atoms with Crippen molar-refractivity contribution in [2.45, 2.75) is 33.3 Å². The van der Waals surface area contributed by atoms with Crippen LogP contribution in [0, 0.1) is 13.8 Å². The van der Waals surface area contributed by atoms with E-state index in [0.29, 0.717) is 12.3 Å². The molecule has 0 unspecified atom stereocenters. The molecule has 0 bridgehead atoms. The van der Waals surface area contributed by atoms with E-state index in [2.05, 4.69) is 15.4 Å². The molecule has 0 aliphatic heterocycles. The lowest BCUT2D eigenvalue weighted by molar-refractivity contribution is -0.145. The van der Waals surface area contributed by atoms with Gasteiger partial charge in [-0.3, -0.25) is 4.79 Å². The largest absolute Gasteiger partial charge is 0.456 e. The van der Waals surface area contributed by atoms with Crippen molar-refractivity contribution in [3.8, 4) is 11.5 Å². The van der Waals surface area contributed by atoms with Gasteiger partial charge in [0.1, 0.15) is 5.76 Å². The molecule has 0 atom stereocenters. The van der Waals surface area contributed by atoms with Crippen LogP contribution < -0.4 is 0 Å². The number of carbonyl (C=O) groups excluding carboxylic acids is 1. The molecule has 0 N–H and O–H groups in total. The van der Waals surface area contributed by atoms with Crippen LogP contribution >= 0.6 is 0 Å². The number of hydrogen-bond acceptors (Lipinski definition) is 7. The summed E-state index contributed by atoms with van der Waals surface area (Å²) in [5.41, 5.74) is 2.56. The zero-order valence-electron chi connectivity index (χ0n) is 13.5. The minimum Gasteiger partial charge on any atom is -0.456 e. The van der Waals surface area contributed by atoms with Crippen molar-refractivity contribution in [2.24, 2.45) is 0 Å². The first kappa shape index (κ1) is 15.9. The average molecular weight is 327 g/mol. The van der Waals surface area contributed by atoms with Crippen molar-refractivity contribution in [3.63, 3.8) is 0 Å². The molecule has 0 spiro atoms. The minimum absolute atomic E-state index is 0.0414. The van der Waals surface area contributed by atoms with Gasteiger partial charge in [0.2, 0.25) is 5.89 Å². The Labute approximate surface area is 138 Å². The highest BCUT2D eigenvalue weighted by Crippen LogP contribution is 2.18. The highest BCUT2D eigenvalue weighted by atomic mass is 16.5. The Kier molecular flexibility index (Phi) is 4.69. The second-order valence-electron chi connectivity index (χ2n) is 5.33. The van der Waals surface area contributed by atoms with E-state index in [1.54, 1.807) is 0 Å². The standard InChI is InChI=1S/C17H17N3O4/c1-11-14(12(2)24-20-11)8-9-16(21)22-10-15-18-19-17(23-15)13-6-4-3-5-7-13/h3-7H,8-10H2,1-2H3. The second-order valence-corrected chi connectivity index (χ2v) is 5.33. The van der Waals surface area contributed by atoms with Gasteiger partial charge in [-0.2, -0.15) is 0 Å². The van der Waals surface area contributed by atoms with Gasteiger partial charge in [-0.1, -0.05) is 23.4 Å². The Morgan fingerprint density at radius 2 is 1.96 bits per heavy atom. The number of aromatic nitrogens is 3. The maximum Gasteiger partial charge on any atom is 0.306 e. The summed E-state index contributed by atoms with van der Waals surface area (Å²) in [7, 11) is 0. The van der Waals surface area contributed by atoms with Crippen LogP contribution in [-0.2, 0) is 22.6 Å². The highest BCUT2D eigenvalue weighted by molar-refractivity contribution is 5.69. The summed E-state index contributed by atoms with van der Waals surface area (Å²) in [5, 5.41) is 11.7. The fraction of sp³-hybridized carbons (Fsp3) is 0.294. The van der Waals surface area contributed by atoms with Gasteiger partial charge in [0.25, 0.3) is 5.89 Å². The van der Waals surface area contributed by atoms with Gasteiger partial charge in [-0.25, -0.2) is 0 Å². The third-order valence-electron chi connectivity index (χ3n) is 3.60. The molecule has 0 saturated carbocycles. The SMILES string of the molecule is Cc1noc(C)c1CCC(=O)OCc1nnc(-c2ccccc2)o1. The first-order valence-electron chi connectivity index (χ1n) is 7.58. The van der Waals surface area contributed by atoms with Crippen LogP contribution in [0.25, 0.3) is 11.5 Å². The first-order valence-corrected chi connectivity index (χ1v) is 7.58. The maximum absolute atomic E-state index is 11.8. The lowest BCUT2D eigenvalue weighted by Crippen LogP contribution is -2.06. The molecule has 1 aromatic carbocycles. The molecule has 0 aliphatic rings. The first-order chi connectivity index (χ1) is 11.6. The van der Waals surface area contributed by atoms with Crippen LogP contribution in [0.3, 0.4) is 0 Å². The molecular weight excluding hydrogens is 310 g/mol. The molecule has 0 aliphatic carbocycles. The summed E-state index contributed by atoms with van der Waals surface area (Å²) in [6.07, 6.45) is 0.766. The summed E-state index contributed by atoms with van der Waals surface area (Å²) in [5.74, 6) is 1.05. The molecule has 0 amide bonds. The quantitative estimate of drug-likeness (QED) is 0.643. The van der Waals surface area contributed by atoms with Crippen LogP contribution in [0.5, 0.6) is 0 Å². The van der Waals surface area contributed by atoms with E-state index in [0.717, 1.165) is 22.6 Å². The summed E-state index contributed by atoms with van der Waals surface area (Å²) >= 11 is 0. The predicted molar refractivity (Wildman–Crippen MR) is 83.8 cm³/mol. The Bertz CT molecular complexity index is 804. The van der Waals surface area contributed by atoms with Gasteiger partial charge in [0.05, 0.1) is 5.69 Å². The second kappa shape index (κ2) is 7.08. The van der Waals surface area contributed by atoms with Crippen LogP contribution in [-0.4, -0.2) is 21.3 Å². The number of hydrogen-bond donors (Lipinski definition) is 0. The number of carbonyl (C=O) groups is 1. The maximum atomic E-state index is 11.8. The van der Waals surface area contributed by atoms with Gasteiger partial charge in [-0.05, 0) is 32.4 Å². The number of esters is 1. The molecule has 0 radical (unpaired) electrons. The van der Waals surface area contributed by atoms with Gasteiger partial charge < -0.3 is 13.7 Å². The Hall–Kier alpha value is -2.96. The molecule has 0 fully saturated rings. The Morgan fingerprint density at radius 1 is 1.17 bits per heavy atom. The van der Waals surface area contributed by atoms with E-state index < -0.39 is 0 Å². The fourth-order valence-electron chi connectivity index (χ4n) is 2.31. The topological polar surface area (TPSA) is 91.2 Å².